The first-order chi connectivity index (χ1) is 39.4. The van der Waals surface area contributed by atoms with Crippen molar-refractivity contribution in [2.45, 2.75) is 116 Å². The van der Waals surface area contributed by atoms with Crippen molar-refractivity contribution in [1.82, 2.24) is 40.9 Å². The number of aliphatic hydroxyl groups excluding tert-OH is 1. The Bertz CT molecular complexity index is 3190. The Labute approximate surface area is 481 Å². The van der Waals surface area contributed by atoms with E-state index in [4.69, 9.17) is 4.74 Å². The van der Waals surface area contributed by atoms with Crippen LogP contribution >= 0.6 is 11.3 Å². The number of aromatic amines is 1. The summed E-state index contributed by atoms with van der Waals surface area (Å²) in [5.74, 6) is -2.36. The smallest absolute Gasteiger partial charge is 0.258 e. The van der Waals surface area contributed by atoms with E-state index in [1.807, 2.05) is 93.9 Å². The van der Waals surface area contributed by atoms with E-state index in [1.54, 1.807) is 11.3 Å². The normalized spacial score (nSPS) is 17.4. The number of ether oxygens (including phenoxy) is 1. The average Bonchev–Trinajstić information content (AvgIpc) is 4.38. The first kappa shape index (κ1) is 59.3. The van der Waals surface area contributed by atoms with Gasteiger partial charge >= 0.3 is 0 Å². The van der Waals surface area contributed by atoms with Crippen molar-refractivity contribution >= 4 is 69.0 Å². The number of hydrogen-bond donors (Lipinski definition) is 7. The van der Waals surface area contributed by atoms with Crippen molar-refractivity contribution in [2.24, 2.45) is 5.41 Å². The minimum atomic E-state index is -0.905. The maximum atomic E-state index is 14.1. The lowest BCUT2D eigenvalue weighted by Gasteiger charge is -2.36. The summed E-state index contributed by atoms with van der Waals surface area (Å²) in [4.78, 5) is 79.2. The first-order valence-corrected chi connectivity index (χ1v) is 29.3. The third-order valence-corrected chi connectivity index (χ3v) is 16.5. The van der Waals surface area contributed by atoms with Gasteiger partial charge in [-0.1, -0.05) is 63.9 Å². The molecule has 0 aliphatic carbocycles. The third kappa shape index (κ3) is 15.6. The van der Waals surface area contributed by atoms with Crippen molar-refractivity contribution in [3.63, 3.8) is 0 Å². The largest absolute Gasteiger partial charge is 0.391 e. The summed E-state index contributed by atoms with van der Waals surface area (Å²) in [5.41, 5.74) is 8.13. The van der Waals surface area contributed by atoms with Gasteiger partial charge in [-0.05, 0) is 109 Å². The molecule has 7 N–H and O–H groups in total. The molecule has 3 aliphatic rings. The number of amides is 5. The van der Waals surface area contributed by atoms with Crippen LogP contribution in [0.4, 0.5) is 26.0 Å². The van der Waals surface area contributed by atoms with Gasteiger partial charge in [0.05, 0.1) is 39.8 Å². The number of nitrogens with one attached hydrogen (secondary N) is 6. The van der Waals surface area contributed by atoms with Gasteiger partial charge in [0.1, 0.15) is 23.7 Å². The molecule has 3 saturated heterocycles. The van der Waals surface area contributed by atoms with Crippen LogP contribution in [-0.4, -0.2) is 143 Å². The number of halogens is 2. The molecule has 0 saturated carbocycles. The topological polar surface area (TPSA) is 226 Å². The predicted octanol–water partition coefficient (Wildman–Crippen LogP) is 7.70. The van der Waals surface area contributed by atoms with E-state index < -0.39 is 41.1 Å². The van der Waals surface area contributed by atoms with Gasteiger partial charge in [-0.2, -0.15) is 5.10 Å². The molecule has 0 radical (unpaired) electrons. The van der Waals surface area contributed by atoms with Gasteiger partial charge in [-0.3, -0.25) is 34.0 Å². The molecular weight excluding hydrogens is 1070 g/mol. The first-order valence-electron chi connectivity index (χ1n) is 28.4. The minimum absolute atomic E-state index is 0.00141. The highest BCUT2D eigenvalue weighted by Crippen LogP contribution is 2.32. The Balaban J connectivity index is 0.690. The lowest BCUT2D eigenvalue weighted by atomic mass is 9.85. The van der Waals surface area contributed by atoms with Crippen LogP contribution in [0.3, 0.4) is 0 Å². The van der Waals surface area contributed by atoms with E-state index in [1.165, 1.54) is 17.0 Å². The summed E-state index contributed by atoms with van der Waals surface area (Å²) >= 11 is 1.57. The molecule has 18 nitrogen and oxygen atoms in total. The summed E-state index contributed by atoms with van der Waals surface area (Å²) < 4.78 is 33.5. The SMILES string of the molecule is Cc1ncsc1-c1ccc(CNC(=O)[C@@H]2C[C@@H](O)CN2C(=O)[C@@H](NC(=O)CCCCCCNC(=O)CN2CCN(c3ccc(C(=O)Nc4n[nH]c5ccc(Cc6cc(F)cc(F)c6)cc45)c(NC4CCOCC4)c3)CC2)C(C)(C)C)cc1. The predicted molar refractivity (Wildman–Crippen MR) is 314 cm³/mol. The molecule has 5 heterocycles. The number of β-amino-alcohol motifs (C(OH)–C–C–N with tert-alkyl or cyclic N) is 1. The molecule has 3 atom stereocenters. The zero-order valence-electron chi connectivity index (χ0n) is 47.1. The van der Waals surface area contributed by atoms with Crippen LogP contribution < -0.4 is 31.5 Å². The van der Waals surface area contributed by atoms with Crippen molar-refractivity contribution in [2.75, 3.05) is 74.6 Å². The van der Waals surface area contributed by atoms with E-state index >= 15 is 0 Å². The van der Waals surface area contributed by atoms with Gasteiger partial charge in [0, 0.05) is 101 Å². The molecule has 3 aliphatic heterocycles. The molecule has 0 unspecified atom stereocenters. The van der Waals surface area contributed by atoms with Crippen molar-refractivity contribution in [1.29, 1.82) is 0 Å². The summed E-state index contributed by atoms with van der Waals surface area (Å²) in [7, 11) is 0. The highest BCUT2D eigenvalue weighted by Gasteiger charge is 2.44. The number of nitrogens with zero attached hydrogens (tertiary/aromatic N) is 5. The van der Waals surface area contributed by atoms with Crippen molar-refractivity contribution in [3.05, 3.63) is 124 Å². The fourth-order valence-electron chi connectivity index (χ4n) is 10.9. The number of unbranched alkanes of at least 4 members (excludes halogenated alkanes) is 3. The zero-order valence-corrected chi connectivity index (χ0v) is 47.9. The third-order valence-electron chi connectivity index (χ3n) is 15.5. The van der Waals surface area contributed by atoms with E-state index in [2.05, 4.69) is 51.6 Å². The number of piperazine rings is 1. The van der Waals surface area contributed by atoms with Crippen molar-refractivity contribution in [3.8, 4) is 10.4 Å². The van der Waals surface area contributed by atoms with Gasteiger partial charge in [-0.25, -0.2) is 13.8 Å². The number of anilines is 3. The number of H-pyrrole nitrogens is 1. The van der Waals surface area contributed by atoms with Crippen LogP contribution in [-0.2, 0) is 36.9 Å². The van der Waals surface area contributed by atoms with E-state index in [0.29, 0.717) is 92.3 Å². The van der Waals surface area contributed by atoms with Gasteiger partial charge in [0.15, 0.2) is 5.82 Å². The molecule has 9 rings (SSSR count). The molecule has 436 valence electrons. The summed E-state index contributed by atoms with van der Waals surface area (Å²) in [5, 5.41) is 34.2. The van der Waals surface area contributed by atoms with Gasteiger partial charge in [-0.15, -0.1) is 11.3 Å². The number of likely N-dealkylation sites (tertiary alicyclic amines) is 1. The Morgan fingerprint density at radius 3 is 2.29 bits per heavy atom. The van der Waals surface area contributed by atoms with E-state index in [9.17, 15) is 37.9 Å². The van der Waals surface area contributed by atoms with Crippen LogP contribution in [0.25, 0.3) is 21.3 Å². The fraction of sp³-hybridized carbons (Fsp3) is 0.459. The van der Waals surface area contributed by atoms with Crippen LogP contribution in [0.2, 0.25) is 0 Å². The number of rotatable bonds is 22. The van der Waals surface area contributed by atoms with E-state index in [-0.39, 0.29) is 62.1 Å². The van der Waals surface area contributed by atoms with Gasteiger partial charge in [0.2, 0.25) is 23.6 Å². The Hall–Kier alpha value is -7.33. The van der Waals surface area contributed by atoms with Crippen LogP contribution in [0.1, 0.15) is 105 Å². The Morgan fingerprint density at radius 2 is 1.57 bits per heavy atom. The number of thiazole rings is 1. The number of fused-ring (bicyclic) bond motifs is 1. The molecule has 3 fully saturated rings. The number of aryl methyl sites for hydroxylation is 1. The number of carbonyl (C=O) groups is 5. The van der Waals surface area contributed by atoms with Crippen LogP contribution in [0, 0.1) is 24.0 Å². The quantitative estimate of drug-likeness (QED) is 0.0325. The second kappa shape index (κ2) is 27.2. The van der Waals surface area contributed by atoms with Crippen LogP contribution in [0.15, 0.2) is 84.4 Å². The molecule has 0 bridgehead atoms. The second-order valence-electron chi connectivity index (χ2n) is 22.8. The number of hydrogen-bond acceptors (Lipinski definition) is 13. The standard InChI is InChI=1S/C61H75F2N11O7S/c1-38-55(82-37-66-38)42-13-10-39(11-14-42)34-65-59(79)52-33-47(75)35-74(52)60(80)56(61(2,3)4)68-53(76)9-7-5-6-8-20-64-54(77)36-72-21-23-73(24-22-72)46-15-16-48(51(32-46)67-45-18-25-81-26-19-45)58(78)69-57-49-30-40(12-17-50(49)70-71-57)27-41-28-43(62)31-44(63)29-41/h10-17,28-32,37,45,47,52,56,67,75H,5-9,18-27,33-36H2,1-4H3,(H,64,77)(H,65,79)(H,68,76)(H2,69,70,71,78)/t47-,52+,56-/m1/s1. The molecule has 2 aromatic heterocycles. The number of carbonyl (C=O) groups excluding carboxylic acids is 5. The number of aliphatic hydroxyl groups is 1. The van der Waals surface area contributed by atoms with Crippen molar-refractivity contribution < 1.29 is 42.6 Å². The second-order valence-corrected chi connectivity index (χ2v) is 23.7. The fourth-order valence-corrected chi connectivity index (χ4v) is 11.7. The summed E-state index contributed by atoms with van der Waals surface area (Å²) in [6.45, 7) is 12.6. The van der Waals surface area contributed by atoms with Gasteiger partial charge < -0.3 is 46.2 Å². The summed E-state index contributed by atoms with van der Waals surface area (Å²) in [6, 6.07) is 21.0. The van der Waals surface area contributed by atoms with E-state index in [0.717, 1.165) is 71.1 Å². The summed E-state index contributed by atoms with van der Waals surface area (Å²) in [6.07, 6.45) is 4.26. The highest BCUT2D eigenvalue weighted by atomic mass is 32.1. The molecule has 4 aromatic carbocycles. The Morgan fingerprint density at radius 1 is 0.841 bits per heavy atom. The maximum Gasteiger partial charge on any atom is 0.258 e. The monoisotopic (exact) mass is 1140 g/mol. The molecule has 6 aromatic rings. The number of benzene rings is 4. The zero-order chi connectivity index (χ0) is 57.9. The Kier molecular flexibility index (Phi) is 19.6. The van der Waals surface area contributed by atoms with Crippen LogP contribution in [0.5, 0.6) is 0 Å². The molecule has 0 spiro atoms. The molecular formula is C61H75F2N11O7S. The lowest BCUT2D eigenvalue weighted by Crippen LogP contribution is -2.57. The molecule has 5 amide bonds. The minimum Gasteiger partial charge on any atom is -0.391 e. The lowest BCUT2D eigenvalue weighted by molar-refractivity contribution is -0.144. The maximum absolute atomic E-state index is 14.1. The number of aromatic nitrogens is 3. The molecule has 82 heavy (non-hydrogen) atoms. The highest BCUT2D eigenvalue weighted by molar-refractivity contribution is 7.13. The van der Waals surface area contributed by atoms with Gasteiger partial charge in [0.25, 0.3) is 5.91 Å². The average molecular weight is 1140 g/mol. The molecule has 21 heteroatoms.